The zero-order chi connectivity index (χ0) is 17.0. The van der Waals surface area contributed by atoms with Crippen LogP contribution in [0.1, 0.15) is 17.5 Å². The van der Waals surface area contributed by atoms with E-state index in [1.54, 1.807) is 18.2 Å². The largest absolute Gasteiger partial charge is 0.493 e. The first kappa shape index (κ1) is 19.7. The Hall–Kier alpha value is -1.60. The highest BCUT2D eigenvalue weighted by atomic mass is 35.5. The second-order valence-electron chi connectivity index (χ2n) is 5.83. The van der Waals surface area contributed by atoms with Crippen LogP contribution in [0.15, 0.2) is 53.4 Å². The molecule has 2 aromatic carbocycles. The van der Waals surface area contributed by atoms with E-state index in [1.165, 1.54) is 4.31 Å². The molecule has 0 bridgehead atoms. The number of halogens is 1. The number of benzene rings is 2. The SMILES string of the molecule is Cl.NCCCN(Cc1ccccc1)S(=O)(=O)c1ccc2c(c1)CCO2. The van der Waals surface area contributed by atoms with E-state index < -0.39 is 10.0 Å². The fourth-order valence-electron chi connectivity index (χ4n) is 2.81. The number of nitrogens with zero attached hydrogens (tertiary/aromatic N) is 1. The molecule has 0 aromatic heterocycles. The Bertz CT molecular complexity index is 797. The van der Waals surface area contributed by atoms with E-state index >= 15 is 0 Å². The van der Waals surface area contributed by atoms with Gasteiger partial charge in [0.2, 0.25) is 10.0 Å². The Morgan fingerprint density at radius 2 is 1.88 bits per heavy atom. The highest BCUT2D eigenvalue weighted by Gasteiger charge is 2.26. The summed E-state index contributed by atoms with van der Waals surface area (Å²) in [5, 5.41) is 0. The molecule has 25 heavy (non-hydrogen) atoms. The van der Waals surface area contributed by atoms with Gasteiger partial charge >= 0.3 is 0 Å². The number of nitrogens with two attached hydrogens (primary N) is 1. The molecule has 2 aromatic rings. The van der Waals surface area contributed by atoms with E-state index in [2.05, 4.69) is 0 Å². The summed E-state index contributed by atoms with van der Waals surface area (Å²) in [5.74, 6) is 0.783. The summed E-state index contributed by atoms with van der Waals surface area (Å²) in [7, 11) is -3.57. The lowest BCUT2D eigenvalue weighted by Gasteiger charge is -2.22. The standard InChI is InChI=1S/C18H22N2O3S.ClH/c19-10-4-11-20(14-15-5-2-1-3-6-15)24(21,22)17-7-8-18-16(13-17)9-12-23-18;/h1-3,5-8,13H,4,9-12,14,19H2;1H. The van der Waals surface area contributed by atoms with Gasteiger partial charge in [-0.3, -0.25) is 0 Å². The van der Waals surface area contributed by atoms with E-state index in [1.807, 2.05) is 30.3 Å². The van der Waals surface area contributed by atoms with Gasteiger partial charge in [-0.25, -0.2) is 8.42 Å². The average Bonchev–Trinajstić information content (AvgIpc) is 3.07. The molecule has 0 spiro atoms. The first-order valence-electron chi connectivity index (χ1n) is 8.11. The summed E-state index contributed by atoms with van der Waals surface area (Å²) in [6, 6.07) is 14.7. The number of fused-ring (bicyclic) bond motifs is 1. The van der Waals surface area contributed by atoms with Gasteiger partial charge in [0.1, 0.15) is 5.75 Å². The molecule has 1 aliphatic heterocycles. The number of sulfonamides is 1. The van der Waals surface area contributed by atoms with Gasteiger partial charge < -0.3 is 10.5 Å². The minimum atomic E-state index is -3.57. The molecular weight excluding hydrogens is 360 g/mol. The maximum atomic E-state index is 13.1. The molecule has 1 aliphatic rings. The molecule has 0 aliphatic carbocycles. The molecule has 0 atom stereocenters. The molecule has 1 heterocycles. The molecule has 136 valence electrons. The van der Waals surface area contributed by atoms with E-state index in [0.29, 0.717) is 37.6 Å². The zero-order valence-corrected chi connectivity index (χ0v) is 15.6. The lowest BCUT2D eigenvalue weighted by Crippen LogP contribution is -2.32. The Kier molecular flexibility index (Phi) is 6.84. The number of rotatable bonds is 7. The van der Waals surface area contributed by atoms with Gasteiger partial charge in [-0.2, -0.15) is 4.31 Å². The van der Waals surface area contributed by atoms with Gasteiger partial charge in [0.25, 0.3) is 0 Å². The highest BCUT2D eigenvalue weighted by molar-refractivity contribution is 7.89. The van der Waals surface area contributed by atoms with Crippen molar-refractivity contribution in [3.63, 3.8) is 0 Å². The maximum absolute atomic E-state index is 13.1. The van der Waals surface area contributed by atoms with E-state index in [0.717, 1.165) is 23.3 Å². The predicted molar refractivity (Wildman–Crippen MR) is 101 cm³/mol. The second kappa shape index (κ2) is 8.67. The normalized spacial score (nSPS) is 13.2. The van der Waals surface area contributed by atoms with Crippen molar-refractivity contribution in [1.29, 1.82) is 0 Å². The van der Waals surface area contributed by atoms with Gasteiger partial charge in [0, 0.05) is 19.5 Å². The van der Waals surface area contributed by atoms with Crippen LogP contribution in [-0.2, 0) is 23.0 Å². The predicted octanol–water partition coefficient (Wildman–Crippen LogP) is 2.58. The van der Waals surface area contributed by atoms with Crippen LogP contribution in [0.3, 0.4) is 0 Å². The molecule has 0 saturated heterocycles. The second-order valence-corrected chi connectivity index (χ2v) is 7.77. The Morgan fingerprint density at radius 1 is 1.12 bits per heavy atom. The van der Waals surface area contributed by atoms with Crippen LogP contribution in [0, 0.1) is 0 Å². The van der Waals surface area contributed by atoms with Crippen molar-refractivity contribution in [1.82, 2.24) is 4.31 Å². The molecule has 0 fully saturated rings. The van der Waals surface area contributed by atoms with Gasteiger partial charge in [0.15, 0.2) is 0 Å². The van der Waals surface area contributed by atoms with E-state index in [4.69, 9.17) is 10.5 Å². The summed E-state index contributed by atoms with van der Waals surface area (Å²) in [4.78, 5) is 0.319. The molecule has 0 radical (unpaired) electrons. The van der Waals surface area contributed by atoms with Crippen LogP contribution in [0.2, 0.25) is 0 Å². The fourth-order valence-corrected chi connectivity index (χ4v) is 4.33. The fraction of sp³-hybridized carbons (Fsp3) is 0.333. The molecule has 0 saturated carbocycles. The van der Waals surface area contributed by atoms with Crippen LogP contribution in [0.4, 0.5) is 0 Å². The molecule has 5 nitrogen and oxygen atoms in total. The van der Waals surface area contributed by atoms with Crippen LogP contribution in [0.5, 0.6) is 5.75 Å². The Balaban J connectivity index is 0.00000225. The third-order valence-electron chi connectivity index (χ3n) is 4.11. The lowest BCUT2D eigenvalue weighted by molar-refractivity contribution is 0.356. The van der Waals surface area contributed by atoms with Crippen molar-refractivity contribution in [2.75, 3.05) is 19.7 Å². The number of hydrogen-bond acceptors (Lipinski definition) is 4. The first-order valence-corrected chi connectivity index (χ1v) is 9.55. The number of ether oxygens (including phenoxy) is 1. The third kappa shape index (κ3) is 4.52. The van der Waals surface area contributed by atoms with Crippen LogP contribution in [0.25, 0.3) is 0 Å². The van der Waals surface area contributed by atoms with Crippen molar-refractivity contribution >= 4 is 22.4 Å². The van der Waals surface area contributed by atoms with Crippen LogP contribution >= 0.6 is 12.4 Å². The zero-order valence-electron chi connectivity index (χ0n) is 13.9. The smallest absolute Gasteiger partial charge is 0.243 e. The minimum absolute atomic E-state index is 0. The minimum Gasteiger partial charge on any atom is -0.493 e. The molecule has 2 N–H and O–H groups in total. The molecule has 7 heteroatoms. The molecule has 3 rings (SSSR count). The summed E-state index contributed by atoms with van der Waals surface area (Å²) < 4.78 is 33.1. The Morgan fingerprint density at radius 3 is 2.60 bits per heavy atom. The maximum Gasteiger partial charge on any atom is 0.243 e. The van der Waals surface area contributed by atoms with Gasteiger partial charge in [-0.15, -0.1) is 12.4 Å². The lowest BCUT2D eigenvalue weighted by atomic mass is 10.2. The van der Waals surface area contributed by atoms with Crippen molar-refractivity contribution in [2.24, 2.45) is 5.73 Å². The number of hydrogen-bond donors (Lipinski definition) is 1. The van der Waals surface area contributed by atoms with Crippen LogP contribution < -0.4 is 10.5 Å². The molecular formula is C18H23ClN2O3S. The summed E-state index contributed by atoms with van der Waals surface area (Å²) in [6.45, 7) is 1.82. The molecule has 0 amide bonds. The van der Waals surface area contributed by atoms with E-state index in [9.17, 15) is 8.42 Å². The molecule has 0 unspecified atom stereocenters. The van der Waals surface area contributed by atoms with Gasteiger partial charge in [0.05, 0.1) is 11.5 Å². The van der Waals surface area contributed by atoms with E-state index in [-0.39, 0.29) is 12.4 Å². The highest BCUT2D eigenvalue weighted by Crippen LogP contribution is 2.29. The average molecular weight is 383 g/mol. The summed E-state index contributed by atoms with van der Waals surface area (Å²) in [5.41, 5.74) is 7.50. The topological polar surface area (TPSA) is 72.6 Å². The van der Waals surface area contributed by atoms with Gasteiger partial charge in [-0.05, 0) is 42.3 Å². The first-order chi connectivity index (χ1) is 11.6. The van der Waals surface area contributed by atoms with Crippen molar-refractivity contribution in [3.05, 3.63) is 59.7 Å². The van der Waals surface area contributed by atoms with Crippen molar-refractivity contribution < 1.29 is 13.2 Å². The third-order valence-corrected chi connectivity index (χ3v) is 5.95. The quantitative estimate of drug-likeness (QED) is 0.798. The van der Waals surface area contributed by atoms with Gasteiger partial charge in [-0.1, -0.05) is 30.3 Å². The van der Waals surface area contributed by atoms with Crippen molar-refractivity contribution in [3.8, 4) is 5.75 Å². The summed E-state index contributed by atoms with van der Waals surface area (Å²) >= 11 is 0. The van der Waals surface area contributed by atoms with Crippen molar-refractivity contribution in [2.45, 2.75) is 24.3 Å². The monoisotopic (exact) mass is 382 g/mol. The summed E-state index contributed by atoms with van der Waals surface area (Å²) in [6.07, 6.45) is 1.38. The van der Waals surface area contributed by atoms with Crippen LogP contribution in [-0.4, -0.2) is 32.4 Å². The Labute approximate surface area is 155 Å².